The van der Waals surface area contributed by atoms with Crippen molar-refractivity contribution in [2.24, 2.45) is 5.92 Å². The number of rotatable bonds is 15. The molecule has 262 valence electrons. The molecule has 0 bridgehead atoms. The van der Waals surface area contributed by atoms with E-state index in [1.165, 1.54) is 11.1 Å². The number of nitrogens with one attached hydrogen (secondary N) is 1. The topological polar surface area (TPSA) is 157 Å². The molecule has 5 rings (SSSR count). The van der Waals surface area contributed by atoms with Crippen LogP contribution in [0.2, 0.25) is 10.0 Å². The summed E-state index contributed by atoms with van der Waals surface area (Å²) in [5.74, 6) is 1.49. The molecule has 0 spiro atoms. The number of carboxylic acid groups (broad SMARTS) is 1. The number of hydrogen-bond donors (Lipinski definition) is 4. The number of aliphatic hydroxyl groups excluding tert-OH is 2. The number of pyridine rings is 1. The molecule has 1 aliphatic heterocycles. The first kappa shape index (κ1) is 36.7. The SMILES string of the molecule is Cc1c(COc2cc(OCc3cncc(C#N)c3)c(CNC(CO)CO)cc2Cl)cccc1-c1cccc(OCC2CCN(C(=O)O)C2)c1Cl. The molecule has 13 heteroatoms. The van der Waals surface area contributed by atoms with Gasteiger partial charge in [0.1, 0.15) is 36.5 Å². The molecule has 1 aliphatic rings. The lowest BCUT2D eigenvalue weighted by molar-refractivity contribution is 0.151. The average molecular weight is 722 g/mol. The highest BCUT2D eigenvalue weighted by Crippen LogP contribution is 2.39. The van der Waals surface area contributed by atoms with Gasteiger partial charge in [-0.3, -0.25) is 4.98 Å². The van der Waals surface area contributed by atoms with Gasteiger partial charge in [-0.05, 0) is 48.2 Å². The van der Waals surface area contributed by atoms with Crippen LogP contribution in [0.15, 0.2) is 67.0 Å². The first-order valence-corrected chi connectivity index (χ1v) is 16.8. The van der Waals surface area contributed by atoms with Gasteiger partial charge >= 0.3 is 6.09 Å². The predicted molar refractivity (Wildman–Crippen MR) is 189 cm³/mol. The molecule has 1 saturated heterocycles. The summed E-state index contributed by atoms with van der Waals surface area (Å²) in [6, 6.07) is 18.1. The van der Waals surface area contributed by atoms with Crippen molar-refractivity contribution in [3.05, 3.63) is 105 Å². The number of carbonyl (C=O) groups is 1. The second kappa shape index (κ2) is 17.4. The highest BCUT2D eigenvalue weighted by atomic mass is 35.5. The Morgan fingerprint density at radius 2 is 1.76 bits per heavy atom. The van der Waals surface area contributed by atoms with Gasteiger partial charge in [0.25, 0.3) is 0 Å². The third-order valence-corrected chi connectivity index (χ3v) is 9.25. The number of likely N-dealkylation sites (tertiary alicyclic amines) is 1. The van der Waals surface area contributed by atoms with Crippen LogP contribution in [0, 0.1) is 24.2 Å². The van der Waals surface area contributed by atoms with Crippen molar-refractivity contribution in [1.82, 2.24) is 15.2 Å². The average Bonchev–Trinajstić information content (AvgIpc) is 3.61. The third kappa shape index (κ3) is 9.15. The molecule has 3 aromatic carbocycles. The first-order valence-electron chi connectivity index (χ1n) is 16.1. The summed E-state index contributed by atoms with van der Waals surface area (Å²) >= 11 is 13.6. The fraction of sp³-hybridized carbons (Fsp3) is 0.324. The number of nitriles is 1. The quantitative estimate of drug-likeness (QED) is 0.111. The number of hydrogen-bond acceptors (Lipinski definition) is 9. The Balaban J connectivity index is 1.32. The summed E-state index contributed by atoms with van der Waals surface area (Å²) in [4.78, 5) is 16.8. The van der Waals surface area contributed by atoms with Crippen LogP contribution in [0.1, 0.15) is 34.2 Å². The van der Waals surface area contributed by atoms with Crippen molar-refractivity contribution in [3.63, 3.8) is 0 Å². The molecule has 11 nitrogen and oxygen atoms in total. The zero-order valence-electron chi connectivity index (χ0n) is 27.4. The second-order valence-electron chi connectivity index (χ2n) is 12.0. The number of aliphatic hydroxyl groups is 2. The van der Waals surface area contributed by atoms with E-state index < -0.39 is 12.1 Å². The second-order valence-corrected chi connectivity index (χ2v) is 12.8. The fourth-order valence-corrected chi connectivity index (χ4v) is 6.18. The van der Waals surface area contributed by atoms with Crippen LogP contribution in [0.5, 0.6) is 17.2 Å². The lowest BCUT2D eigenvalue weighted by atomic mass is 9.96. The monoisotopic (exact) mass is 720 g/mol. The van der Waals surface area contributed by atoms with E-state index in [1.807, 2.05) is 43.3 Å². The molecule has 0 aliphatic carbocycles. The Bertz CT molecular complexity index is 1850. The van der Waals surface area contributed by atoms with E-state index in [0.29, 0.717) is 63.7 Å². The van der Waals surface area contributed by atoms with E-state index in [1.54, 1.807) is 24.4 Å². The highest BCUT2D eigenvalue weighted by Gasteiger charge is 2.26. The number of nitrogens with zero attached hydrogens (tertiary/aromatic N) is 3. The van der Waals surface area contributed by atoms with Crippen molar-refractivity contribution in [3.8, 4) is 34.4 Å². The standard InChI is InChI=1S/C37H38Cl2N4O7/c1-23-27(4-2-5-30(23)31-6-3-7-33(36(31)39)48-20-24-8-9-43(17-24)37(46)47)22-50-35-12-34(49-21-26-10-25(13-40)14-41-15-26)28(11-32(35)38)16-42-29(18-44)19-45/h2-7,10-12,14-15,24,29,42,44-45H,8-9,16-22H2,1H3,(H,46,47). The molecule has 1 atom stereocenters. The van der Waals surface area contributed by atoms with Crippen molar-refractivity contribution in [2.45, 2.75) is 39.1 Å². The molecule has 0 radical (unpaired) electrons. The van der Waals surface area contributed by atoms with Gasteiger partial charge in [0.15, 0.2) is 0 Å². The van der Waals surface area contributed by atoms with Crippen LogP contribution in [0.25, 0.3) is 11.1 Å². The maximum atomic E-state index is 11.3. The molecule has 2 heterocycles. The number of ether oxygens (including phenoxy) is 3. The van der Waals surface area contributed by atoms with Crippen molar-refractivity contribution < 1.29 is 34.3 Å². The predicted octanol–water partition coefficient (Wildman–Crippen LogP) is 6.22. The van der Waals surface area contributed by atoms with Gasteiger partial charge in [0, 0.05) is 60.7 Å². The summed E-state index contributed by atoms with van der Waals surface area (Å²) in [6.45, 7) is 3.38. The molecule has 0 saturated carbocycles. The molecule has 1 aromatic heterocycles. The lowest BCUT2D eigenvalue weighted by Crippen LogP contribution is -2.35. The maximum Gasteiger partial charge on any atom is 0.407 e. The van der Waals surface area contributed by atoms with E-state index in [-0.39, 0.29) is 38.9 Å². The molecule has 1 unspecified atom stereocenters. The minimum Gasteiger partial charge on any atom is -0.492 e. The van der Waals surface area contributed by atoms with Gasteiger partial charge in [0.2, 0.25) is 0 Å². The molecule has 4 aromatic rings. The molecule has 50 heavy (non-hydrogen) atoms. The minimum atomic E-state index is -0.917. The molecular weight excluding hydrogens is 683 g/mol. The van der Waals surface area contributed by atoms with E-state index in [9.17, 15) is 25.4 Å². The van der Waals surface area contributed by atoms with Crippen molar-refractivity contribution >= 4 is 29.3 Å². The summed E-state index contributed by atoms with van der Waals surface area (Å²) in [5.41, 5.74) is 5.36. The van der Waals surface area contributed by atoms with Gasteiger partial charge in [0.05, 0.1) is 41.5 Å². The van der Waals surface area contributed by atoms with E-state index in [4.69, 9.17) is 37.4 Å². The van der Waals surface area contributed by atoms with E-state index >= 15 is 0 Å². The number of aromatic nitrogens is 1. The normalized spacial score (nSPS) is 14.1. The van der Waals surface area contributed by atoms with E-state index in [0.717, 1.165) is 28.7 Å². The Hall–Kier alpha value is -4.57. The van der Waals surface area contributed by atoms with Gasteiger partial charge in [-0.25, -0.2) is 4.79 Å². The Morgan fingerprint density at radius 3 is 2.50 bits per heavy atom. The smallest absolute Gasteiger partial charge is 0.407 e. The summed E-state index contributed by atoms with van der Waals surface area (Å²) < 4.78 is 18.5. The van der Waals surface area contributed by atoms with Crippen LogP contribution >= 0.6 is 23.2 Å². The van der Waals surface area contributed by atoms with Gasteiger partial charge in [-0.2, -0.15) is 5.26 Å². The Kier molecular flexibility index (Phi) is 12.8. The zero-order chi connectivity index (χ0) is 35.6. The summed E-state index contributed by atoms with van der Waals surface area (Å²) in [7, 11) is 0. The van der Waals surface area contributed by atoms with Crippen molar-refractivity contribution in [1.29, 1.82) is 5.26 Å². The van der Waals surface area contributed by atoms with Crippen LogP contribution < -0.4 is 19.5 Å². The largest absolute Gasteiger partial charge is 0.492 e. The minimum absolute atomic E-state index is 0.0980. The van der Waals surface area contributed by atoms with Crippen molar-refractivity contribution in [2.75, 3.05) is 32.9 Å². The molecule has 1 amide bonds. The fourth-order valence-electron chi connectivity index (χ4n) is 5.66. The number of benzene rings is 3. The van der Waals surface area contributed by atoms with Crippen LogP contribution in [0.4, 0.5) is 4.79 Å². The van der Waals surface area contributed by atoms with Crippen LogP contribution in [-0.2, 0) is 19.8 Å². The van der Waals surface area contributed by atoms with Gasteiger partial charge < -0.3 is 39.7 Å². The Morgan fingerprint density at radius 1 is 1.00 bits per heavy atom. The molecular formula is C37H38Cl2N4O7. The molecule has 4 N–H and O–H groups in total. The first-order chi connectivity index (χ1) is 24.2. The summed E-state index contributed by atoms with van der Waals surface area (Å²) in [6.07, 6.45) is 2.92. The number of halogens is 2. The van der Waals surface area contributed by atoms with Gasteiger partial charge in [-0.1, -0.05) is 53.5 Å². The van der Waals surface area contributed by atoms with E-state index in [2.05, 4.69) is 16.4 Å². The maximum absolute atomic E-state index is 11.3. The van der Waals surface area contributed by atoms with Crippen LogP contribution in [0.3, 0.4) is 0 Å². The van der Waals surface area contributed by atoms with Crippen LogP contribution in [-0.4, -0.2) is 70.2 Å². The number of amides is 1. The Labute approximate surface area is 300 Å². The molecule has 1 fully saturated rings. The summed E-state index contributed by atoms with van der Waals surface area (Å²) in [5, 5.41) is 41.4. The van der Waals surface area contributed by atoms with Gasteiger partial charge in [-0.15, -0.1) is 0 Å². The highest BCUT2D eigenvalue weighted by molar-refractivity contribution is 6.35. The zero-order valence-corrected chi connectivity index (χ0v) is 29.0. The third-order valence-electron chi connectivity index (χ3n) is 8.57. The lowest BCUT2D eigenvalue weighted by Gasteiger charge is -2.19.